The van der Waals surface area contributed by atoms with Crippen LogP contribution in [-0.4, -0.2) is 98.4 Å². The predicted octanol–water partition coefficient (Wildman–Crippen LogP) is 3.34. The number of rotatable bonds is 9. The average Bonchev–Trinajstić information content (AvgIpc) is 3.33. The van der Waals surface area contributed by atoms with E-state index in [2.05, 4.69) is 27.3 Å². The fourth-order valence-electron chi connectivity index (χ4n) is 6.69. The largest absolute Gasteiger partial charge is 0.463 e. The Morgan fingerprint density at radius 1 is 1.30 bits per heavy atom. The molecule has 1 amide bonds. The van der Waals surface area contributed by atoms with Crippen LogP contribution in [0.2, 0.25) is 0 Å². The average molecular weight is 592 g/mol. The molecule has 3 aliphatic heterocycles. The number of carbonyl (C=O) groups is 1. The third kappa shape index (κ3) is 6.76. The Balaban J connectivity index is 1.51. The predicted molar refractivity (Wildman–Crippen MR) is 163 cm³/mol. The zero-order chi connectivity index (χ0) is 30.6. The smallest absolute Gasteiger partial charge is 0.318 e. The van der Waals surface area contributed by atoms with Gasteiger partial charge in [0.2, 0.25) is 5.91 Å². The molecule has 5 rings (SSSR count). The molecule has 0 N–H and O–H groups in total. The first kappa shape index (κ1) is 30.7. The van der Waals surface area contributed by atoms with Crippen LogP contribution in [0.5, 0.6) is 6.01 Å². The maximum atomic E-state index is 15.1. The van der Waals surface area contributed by atoms with Gasteiger partial charge in [0.25, 0.3) is 0 Å². The van der Waals surface area contributed by atoms with Gasteiger partial charge in [-0.25, -0.2) is 4.39 Å². The minimum Gasteiger partial charge on any atom is -0.463 e. The molecule has 1 aromatic carbocycles. The lowest BCUT2D eigenvalue weighted by Gasteiger charge is -2.41. The number of fused-ring (bicyclic) bond motifs is 1. The highest BCUT2D eigenvalue weighted by Gasteiger charge is 2.38. The third-order valence-electron chi connectivity index (χ3n) is 8.66. The van der Waals surface area contributed by atoms with Crippen LogP contribution < -0.4 is 14.5 Å². The summed E-state index contributed by atoms with van der Waals surface area (Å²) in [6.07, 6.45) is 3.93. The van der Waals surface area contributed by atoms with Crippen molar-refractivity contribution < 1.29 is 18.7 Å². The molecule has 0 radical (unpaired) electrons. The van der Waals surface area contributed by atoms with Crippen molar-refractivity contribution in [2.75, 3.05) is 76.4 Å². The van der Waals surface area contributed by atoms with Gasteiger partial charge >= 0.3 is 6.01 Å². The Hall–Kier alpha value is -3.75. The fourth-order valence-corrected chi connectivity index (χ4v) is 6.69. The molecule has 0 saturated carbocycles. The Morgan fingerprint density at radius 2 is 2.14 bits per heavy atom. The van der Waals surface area contributed by atoms with E-state index < -0.39 is 0 Å². The van der Waals surface area contributed by atoms with Crippen LogP contribution >= 0.6 is 0 Å². The van der Waals surface area contributed by atoms with Gasteiger partial charge in [-0.3, -0.25) is 4.79 Å². The molecule has 2 aromatic rings. The van der Waals surface area contributed by atoms with Crippen molar-refractivity contribution in [3.63, 3.8) is 0 Å². The number of hydrogen-bond donors (Lipinski definition) is 0. The topological polar surface area (TPSA) is 98.1 Å². The minimum atomic E-state index is -0.290. The molecule has 43 heavy (non-hydrogen) atoms. The molecule has 2 fully saturated rings. The quantitative estimate of drug-likeness (QED) is 0.407. The summed E-state index contributed by atoms with van der Waals surface area (Å²) in [6, 6.07) is 7.39. The number of hydrogen-bond acceptors (Lipinski definition) is 9. The van der Waals surface area contributed by atoms with Gasteiger partial charge in [0.1, 0.15) is 18.2 Å². The fraction of sp³-hybridized carbons (Fsp3) is 0.562. The van der Waals surface area contributed by atoms with Crippen LogP contribution in [0.25, 0.3) is 0 Å². The SMILES string of the molecule is C=CC(=O)N1CCN(c2nc(OCC3(CN(C)C)CCOC3)nc3c2CCCN(c2c(C)cccc2F)C3)C[C@@H]1CC#N. The van der Waals surface area contributed by atoms with E-state index >= 15 is 4.39 Å². The molecular weight excluding hydrogens is 549 g/mol. The van der Waals surface area contributed by atoms with Crippen LogP contribution in [0.4, 0.5) is 15.9 Å². The lowest BCUT2D eigenvalue weighted by Crippen LogP contribution is -2.55. The first-order valence-electron chi connectivity index (χ1n) is 15.0. The van der Waals surface area contributed by atoms with Crippen LogP contribution in [0, 0.1) is 29.5 Å². The minimum absolute atomic E-state index is 0.162. The summed E-state index contributed by atoms with van der Waals surface area (Å²) in [5, 5.41) is 9.54. The standard InChI is InChI=1S/C32H42FN7O3/c1-5-28(41)40-16-15-39(18-24(40)11-13-34)30-25-9-7-14-38(29-23(2)8-6-10-26(29)33)19-27(25)35-31(36-30)43-22-32(20-37(3)4)12-17-42-21-32/h5-6,8,10,24H,1,7,9,11-12,14-22H2,2-4H3/t24-,32?/m0/s1. The van der Waals surface area contributed by atoms with Gasteiger partial charge in [-0.1, -0.05) is 18.7 Å². The second-order valence-corrected chi connectivity index (χ2v) is 12.2. The molecule has 4 heterocycles. The Labute approximate surface area is 253 Å². The number of aryl methyl sites for hydroxylation is 1. The first-order valence-corrected chi connectivity index (χ1v) is 15.0. The van der Waals surface area contributed by atoms with E-state index in [1.165, 1.54) is 12.1 Å². The zero-order valence-electron chi connectivity index (χ0n) is 25.5. The van der Waals surface area contributed by atoms with Gasteiger partial charge in [-0.2, -0.15) is 15.2 Å². The lowest BCUT2D eigenvalue weighted by atomic mass is 9.88. The summed E-state index contributed by atoms with van der Waals surface area (Å²) in [6.45, 7) is 10.7. The summed E-state index contributed by atoms with van der Waals surface area (Å²) in [7, 11) is 4.09. The molecule has 230 valence electrons. The van der Waals surface area contributed by atoms with Crippen molar-refractivity contribution in [1.82, 2.24) is 19.8 Å². The number of aromatic nitrogens is 2. The molecule has 0 aliphatic carbocycles. The zero-order valence-corrected chi connectivity index (χ0v) is 25.5. The van der Waals surface area contributed by atoms with E-state index in [1.807, 2.05) is 27.1 Å². The van der Waals surface area contributed by atoms with E-state index in [4.69, 9.17) is 19.4 Å². The molecule has 1 unspecified atom stereocenters. The Bertz CT molecular complexity index is 1350. The van der Waals surface area contributed by atoms with Gasteiger partial charge in [0, 0.05) is 50.3 Å². The highest BCUT2D eigenvalue weighted by molar-refractivity contribution is 5.87. The van der Waals surface area contributed by atoms with Crippen molar-refractivity contribution in [2.24, 2.45) is 5.41 Å². The molecular formula is C32H42FN7O3. The number of halogens is 1. The maximum absolute atomic E-state index is 15.1. The second-order valence-electron chi connectivity index (χ2n) is 12.2. The number of para-hydroxylation sites is 1. The van der Waals surface area contributed by atoms with Crippen LogP contribution in [0.15, 0.2) is 30.9 Å². The normalized spacial score (nSPS) is 22.2. The molecule has 2 atom stereocenters. The number of amides is 1. The number of ether oxygens (including phenoxy) is 2. The van der Waals surface area contributed by atoms with E-state index in [0.29, 0.717) is 58.2 Å². The number of nitrogens with zero attached hydrogens (tertiary/aromatic N) is 7. The highest BCUT2D eigenvalue weighted by Crippen LogP contribution is 2.35. The van der Waals surface area contributed by atoms with Crippen LogP contribution in [0.1, 0.15) is 36.1 Å². The Morgan fingerprint density at radius 3 is 2.84 bits per heavy atom. The molecule has 0 spiro atoms. The Kier molecular flexibility index (Phi) is 9.47. The van der Waals surface area contributed by atoms with Gasteiger partial charge < -0.3 is 29.1 Å². The van der Waals surface area contributed by atoms with Crippen molar-refractivity contribution in [3.05, 3.63) is 53.5 Å². The molecule has 2 saturated heterocycles. The number of carbonyl (C=O) groups excluding carboxylic acids is 1. The molecule has 0 bridgehead atoms. The number of piperazine rings is 1. The second kappa shape index (κ2) is 13.3. The van der Waals surface area contributed by atoms with Crippen molar-refractivity contribution in [1.29, 1.82) is 5.26 Å². The summed E-state index contributed by atoms with van der Waals surface area (Å²) in [4.78, 5) is 30.6. The molecule has 1 aromatic heterocycles. The monoisotopic (exact) mass is 591 g/mol. The number of anilines is 2. The van der Waals surface area contributed by atoms with E-state index in [1.54, 1.807) is 11.0 Å². The van der Waals surface area contributed by atoms with Crippen LogP contribution in [-0.2, 0) is 22.5 Å². The van der Waals surface area contributed by atoms with Gasteiger partial charge in [0.15, 0.2) is 0 Å². The molecule has 11 heteroatoms. The van der Waals surface area contributed by atoms with Gasteiger partial charge in [-0.05, 0) is 58.0 Å². The van der Waals surface area contributed by atoms with E-state index in [9.17, 15) is 10.1 Å². The summed E-state index contributed by atoms with van der Waals surface area (Å²) < 4.78 is 27.3. The van der Waals surface area contributed by atoms with Crippen molar-refractivity contribution >= 4 is 17.4 Å². The lowest BCUT2D eigenvalue weighted by molar-refractivity contribution is -0.128. The highest BCUT2D eigenvalue weighted by atomic mass is 19.1. The number of nitriles is 1. The van der Waals surface area contributed by atoms with Gasteiger partial charge in [-0.15, -0.1) is 0 Å². The molecule has 3 aliphatic rings. The summed E-state index contributed by atoms with van der Waals surface area (Å²) in [5.41, 5.74) is 3.13. The van der Waals surface area contributed by atoms with Gasteiger partial charge in [0.05, 0.1) is 43.1 Å². The van der Waals surface area contributed by atoms with Crippen LogP contribution in [0.3, 0.4) is 0 Å². The molecule has 10 nitrogen and oxygen atoms in total. The van der Waals surface area contributed by atoms with E-state index in [0.717, 1.165) is 48.4 Å². The van der Waals surface area contributed by atoms with Crippen molar-refractivity contribution in [2.45, 2.75) is 45.2 Å². The summed E-state index contributed by atoms with van der Waals surface area (Å²) in [5.74, 6) is 0.347. The summed E-state index contributed by atoms with van der Waals surface area (Å²) >= 11 is 0. The maximum Gasteiger partial charge on any atom is 0.318 e. The van der Waals surface area contributed by atoms with E-state index in [-0.39, 0.29) is 35.6 Å². The third-order valence-corrected chi connectivity index (χ3v) is 8.66. The number of benzene rings is 1. The van der Waals surface area contributed by atoms with Crippen molar-refractivity contribution in [3.8, 4) is 12.1 Å². The first-order chi connectivity index (χ1) is 20.7.